The third-order valence-electron chi connectivity index (χ3n) is 4.53. The zero-order valence-corrected chi connectivity index (χ0v) is 18.1. The summed E-state index contributed by atoms with van der Waals surface area (Å²) in [6.45, 7) is 1.69. The third kappa shape index (κ3) is 4.09. The zero-order valence-electron chi connectivity index (χ0n) is 17.3. The van der Waals surface area contributed by atoms with Gasteiger partial charge < -0.3 is 9.84 Å². The number of ether oxygens (including phenoxy) is 1. The maximum atomic E-state index is 13.0. The van der Waals surface area contributed by atoms with Gasteiger partial charge in [-0.3, -0.25) is 4.90 Å². The van der Waals surface area contributed by atoms with E-state index in [4.69, 9.17) is 4.74 Å². The first kappa shape index (κ1) is 22.7. The van der Waals surface area contributed by atoms with Gasteiger partial charge in [-0.15, -0.1) is 4.68 Å². The molecule has 13 heteroatoms. The predicted molar refractivity (Wildman–Crippen MR) is 112 cm³/mol. The Morgan fingerprint density at radius 3 is 2.44 bits per heavy atom. The number of carbonyl (C=O) groups excluding carboxylic acids is 1. The number of carboxylic acids is 1. The van der Waals surface area contributed by atoms with Gasteiger partial charge in [-0.05, 0) is 47.7 Å². The Bertz CT molecular complexity index is 1360. The van der Waals surface area contributed by atoms with E-state index in [-0.39, 0.29) is 34.1 Å². The van der Waals surface area contributed by atoms with Crippen molar-refractivity contribution in [3.05, 3.63) is 58.5 Å². The second kappa shape index (κ2) is 8.63. The van der Waals surface area contributed by atoms with Gasteiger partial charge in [0.1, 0.15) is 11.3 Å². The van der Waals surface area contributed by atoms with Crippen molar-refractivity contribution >= 4 is 27.5 Å². The number of carboxylic acid groups (broad SMARTS) is 1. The molecule has 2 aromatic carbocycles. The minimum atomic E-state index is -3.69. The molecule has 0 unspecified atom stereocenters. The molecule has 0 aliphatic carbocycles. The lowest BCUT2D eigenvalue weighted by molar-refractivity contribution is 0.0693. The van der Waals surface area contributed by atoms with Gasteiger partial charge in [-0.25, -0.2) is 22.8 Å². The monoisotopic (exact) mass is 461 g/mol. The summed E-state index contributed by atoms with van der Waals surface area (Å²) in [7, 11) is -2.38. The number of nitrogens with zero attached hydrogens (tertiary/aromatic N) is 5. The molecule has 0 radical (unpaired) electrons. The highest BCUT2D eigenvalue weighted by molar-refractivity contribution is 7.90. The lowest BCUT2D eigenvalue weighted by Gasteiger charge is -2.20. The van der Waals surface area contributed by atoms with Crippen LogP contribution in [0.2, 0.25) is 0 Å². The number of hydrogen-bond acceptors (Lipinski definition) is 8. The van der Waals surface area contributed by atoms with E-state index in [1.54, 1.807) is 6.92 Å². The molecular weight excluding hydrogens is 442 g/mol. The van der Waals surface area contributed by atoms with Crippen LogP contribution in [0.25, 0.3) is 5.69 Å². The maximum Gasteiger partial charge on any atom is 0.377 e. The highest BCUT2D eigenvalue weighted by Crippen LogP contribution is 2.25. The van der Waals surface area contributed by atoms with Crippen LogP contribution in [-0.2, 0) is 9.84 Å². The Hall–Kier alpha value is -4.00. The predicted octanol–water partition coefficient (Wildman–Crippen LogP) is 1.03. The number of para-hydroxylation sites is 1. The first-order valence-corrected chi connectivity index (χ1v) is 11.1. The summed E-state index contributed by atoms with van der Waals surface area (Å²) in [5.74, 6) is -1.15. The lowest BCUT2D eigenvalue weighted by atomic mass is 10.1. The number of hydrogen-bond donors (Lipinski definition) is 1. The van der Waals surface area contributed by atoms with Gasteiger partial charge in [-0.2, -0.15) is 4.68 Å². The van der Waals surface area contributed by atoms with Crippen LogP contribution in [0.15, 0.2) is 52.2 Å². The molecule has 0 saturated heterocycles. The molecule has 0 bridgehead atoms. The van der Waals surface area contributed by atoms with Gasteiger partial charge in [-0.1, -0.05) is 12.1 Å². The fourth-order valence-electron chi connectivity index (χ4n) is 3.04. The molecule has 0 spiro atoms. The van der Waals surface area contributed by atoms with Crippen LogP contribution in [0.5, 0.6) is 5.75 Å². The smallest absolute Gasteiger partial charge is 0.377 e. The molecule has 1 heterocycles. The van der Waals surface area contributed by atoms with Crippen LogP contribution < -0.4 is 15.3 Å². The van der Waals surface area contributed by atoms with E-state index in [2.05, 4.69) is 10.4 Å². The van der Waals surface area contributed by atoms with Gasteiger partial charge in [0.05, 0.1) is 17.7 Å². The Morgan fingerprint density at radius 1 is 1.16 bits per heavy atom. The van der Waals surface area contributed by atoms with Crippen molar-refractivity contribution in [2.75, 3.05) is 24.8 Å². The summed E-state index contributed by atoms with van der Waals surface area (Å²) in [4.78, 5) is 38.4. The zero-order chi connectivity index (χ0) is 23.6. The van der Waals surface area contributed by atoms with Crippen LogP contribution in [0.4, 0.5) is 10.5 Å². The molecule has 168 valence electrons. The Labute approximate surface area is 182 Å². The van der Waals surface area contributed by atoms with Crippen molar-refractivity contribution < 1.29 is 27.9 Å². The van der Waals surface area contributed by atoms with Crippen molar-refractivity contribution in [1.82, 2.24) is 19.8 Å². The van der Waals surface area contributed by atoms with Crippen molar-refractivity contribution in [3.63, 3.8) is 0 Å². The van der Waals surface area contributed by atoms with E-state index in [1.807, 2.05) is 0 Å². The van der Waals surface area contributed by atoms with Crippen LogP contribution in [0.3, 0.4) is 0 Å². The minimum absolute atomic E-state index is 0.0558. The highest BCUT2D eigenvalue weighted by atomic mass is 32.2. The Morgan fingerprint density at radius 2 is 1.84 bits per heavy atom. The average molecular weight is 461 g/mol. The number of carbonyl (C=O) groups is 2. The molecule has 32 heavy (non-hydrogen) atoms. The molecular formula is C19H19N5O7S. The van der Waals surface area contributed by atoms with Crippen LogP contribution in [0, 0.1) is 0 Å². The van der Waals surface area contributed by atoms with E-state index >= 15 is 0 Å². The number of tetrazole rings is 1. The number of aromatic nitrogens is 4. The topological polar surface area (TPSA) is 154 Å². The second-order valence-electron chi connectivity index (χ2n) is 6.54. The number of methoxy groups -OCH3 is 1. The molecule has 3 aromatic rings. The van der Waals surface area contributed by atoms with E-state index in [0.29, 0.717) is 9.36 Å². The summed E-state index contributed by atoms with van der Waals surface area (Å²) >= 11 is 0. The van der Waals surface area contributed by atoms with E-state index in [9.17, 15) is 27.9 Å². The molecule has 1 aromatic heterocycles. The summed E-state index contributed by atoms with van der Waals surface area (Å²) in [6.07, 6.45) is 0.981. The largest absolute Gasteiger partial charge is 0.496 e. The summed E-state index contributed by atoms with van der Waals surface area (Å²) in [5, 5.41) is 16.6. The fraction of sp³-hybridized carbons (Fsp3) is 0.211. The third-order valence-corrected chi connectivity index (χ3v) is 5.67. The molecule has 1 N–H and O–H groups in total. The lowest BCUT2D eigenvalue weighted by Crippen LogP contribution is -2.41. The average Bonchev–Trinajstić information content (AvgIpc) is 3.14. The van der Waals surface area contributed by atoms with Gasteiger partial charge in [0, 0.05) is 18.5 Å². The molecule has 0 saturated carbocycles. The maximum absolute atomic E-state index is 13.0. The molecule has 0 atom stereocenters. The molecule has 0 aliphatic rings. The van der Waals surface area contributed by atoms with E-state index in [0.717, 1.165) is 11.2 Å². The normalized spacial score (nSPS) is 11.2. The number of benzene rings is 2. The van der Waals surface area contributed by atoms with Crippen LogP contribution in [0.1, 0.15) is 17.3 Å². The van der Waals surface area contributed by atoms with Gasteiger partial charge in [0.2, 0.25) is 0 Å². The molecule has 12 nitrogen and oxygen atoms in total. The molecule has 0 fully saturated rings. The summed E-state index contributed by atoms with van der Waals surface area (Å²) in [6, 6.07) is 8.85. The van der Waals surface area contributed by atoms with E-state index < -0.39 is 27.5 Å². The van der Waals surface area contributed by atoms with Crippen molar-refractivity contribution in [2.45, 2.75) is 11.8 Å². The number of aromatic carboxylic acids is 1. The van der Waals surface area contributed by atoms with E-state index in [1.165, 1.54) is 49.6 Å². The standard InChI is InChI=1S/C19H19N5O7S/c1-4-22(12-9-10-15(31-2)13(11-12)17(25)26)18(27)24-19(28)23(20-21-24)14-7-5-6-8-16(14)32(3,29)30/h5-11H,4H2,1-3H3,(H,25,26). The molecule has 3 rings (SSSR count). The van der Waals surface area contributed by atoms with Gasteiger partial charge in [0.15, 0.2) is 9.84 Å². The van der Waals surface area contributed by atoms with Crippen LogP contribution in [-0.4, -0.2) is 65.2 Å². The quantitative estimate of drug-likeness (QED) is 0.530. The number of sulfone groups is 1. The first-order valence-electron chi connectivity index (χ1n) is 9.17. The summed E-state index contributed by atoms with van der Waals surface area (Å²) in [5.41, 5.74) is -1.03. The van der Waals surface area contributed by atoms with Crippen molar-refractivity contribution in [2.24, 2.45) is 0 Å². The first-order chi connectivity index (χ1) is 15.1. The van der Waals surface area contributed by atoms with Gasteiger partial charge >= 0.3 is 17.7 Å². The Kier molecular flexibility index (Phi) is 6.11. The molecule has 0 aliphatic heterocycles. The van der Waals surface area contributed by atoms with Crippen molar-refractivity contribution in [3.8, 4) is 11.4 Å². The molecule has 1 amide bonds. The number of anilines is 1. The second-order valence-corrected chi connectivity index (χ2v) is 8.53. The highest BCUT2D eigenvalue weighted by Gasteiger charge is 2.25. The Balaban J connectivity index is 2.07. The summed E-state index contributed by atoms with van der Waals surface area (Å²) < 4.78 is 30.3. The van der Waals surface area contributed by atoms with Crippen molar-refractivity contribution in [1.29, 1.82) is 0 Å². The number of amides is 1. The van der Waals surface area contributed by atoms with Gasteiger partial charge in [0.25, 0.3) is 0 Å². The number of rotatable bonds is 6. The fourth-order valence-corrected chi connectivity index (χ4v) is 3.90. The minimum Gasteiger partial charge on any atom is -0.496 e. The SMILES string of the molecule is CCN(C(=O)n1nnn(-c2ccccc2S(C)(=O)=O)c1=O)c1ccc(OC)c(C(=O)O)c1. The van der Waals surface area contributed by atoms with Crippen LogP contribution >= 0.6 is 0 Å².